The maximum Gasteiger partial charge on any atom is 0.421 e. The molecule has 17 heavy (non-hydrogen) atoms. The van der Waals surface area contributed by atoms with Gasteiger partial charge >= 0.3 is 16.3 Å². The predicted octanol–water partition coefficient (Wildman–Crippen LogP) is 1.07. The molecule has 0 saturated heterocycles. The molecule has 0 aromatic rings. The summed E-state index contributed by atoms with van der Waals surface area (Å²) in [6.07, 6.45) is 2.42. The standard InChI is InChI=1S/C9H17ClN2O4S/c1-12(8-6-4-3-5-7(8)10)17(14,15)11-9(13)16-2/h7-8H,3-6H2,1-2H3,(H,11,13). The average Bonchev–Trinajstić information content (AvgIpc) is 2.28. The van der Waals surface area contributed by atoms with E-state index in [2.05, 4.69) is 4.74 Å². The van der Waals surface area contributed by atoms with Gasteiger partial charge in [0, 0.05) is 13.1 Å². The molecule has 0 aromatic carbocycles. The molecule has 8 heteroatoms. The summed E-state index contributed by atoms with van der Waals surface area (Å²) in [5.74, 6) is 0. The van der Waals surface area contributed by atoms with E-state index in [0.717, 1.165) is 30.7 Å². The second kappa shape index (κ2) is 5.88. The van der Waals surface area contributed by atoms with Gasteiger partial charge in [0.15, 0.2) is 0 Å². The van der Waals surface area contributed by atoms with Crippen LogP contribution in [0.5, 0.6) is 0 Å². The first-order valence-corrected chi connectivity index (χ1v) is 7.24. The zero-order chi connectivity index (χ0) is 13.1. The fourth-order valence-electron chi connectivity index (χ4n) is 1.87. The number of ether oxygens (including phenoxy) is 1. The van der Waals surface area contributed by atoms with Crippen molar-refractivity contribution in [3.8, 4) is 0 Å². The first kappa shape index (κ1) is 14.5. The monoisotopic (exact) mass is 284 g/mol. The van der Waals surface area contributed by atoms with Crippen molar-refractivity contribution in [2.24, 2.45) is 0 Å². The molecular weight excluding hydrogens is 268 g/mol. The fraction of sp³-hybridized carbons (Fsp3) is 0.889. The van der Waals surface area contributed by atoms with Crippen LogP contribution in [-0.4, -0.2) is 44.4 Å². The smallest absolute Gasteiger partial charge is 0.421 e. The van der Waals surface area contributed by atoms with E-state index in [9.17, 15) is 13.2 Å². The van der Waals surface area contributed by atoms with Crippen LogP contribution in [0, 0.1) is 0 Å². The Bertz CT molecular complexity index is 373. The molecule has 0 aromatic heterocycles. The van der Waals surface area contributed by atoms with Crippen LogP contribution >= 0.6 is 11.6 Å². The normalized spacial score (nSPS) is 25.6. The van der Waals surface area contributed by atoms with Crippen molar-refractivity contribution in [3.05, 3.63) is 0 Å². The zero-order valence-corrected chi connectivity index (χ0v) is 11.4. The molecule has 1 rings (SSSR count). The quantitative estimate of drug-likeness (QED) is 0.787. The number of carbonyl (C=O) groups excluding carboxylic acids is 1. The third-order valence-electron chi connectivity index (χ3n) is 2.89. The van der Waals surface area contributed by atoms with E-state index in [1.807, 2.05) is 0 Å². The van der Waals surface area contributed by atoms with Gasteiger partial charge in [-0.2, -0.15) is 12.7 Å². The van der Waals surface area contributed by atoms with E-state index in [1.54, 1.807) is 4.72 Å². The maximum absolute atomic E-state index is 11.8. The molecule has 0 spiro atoms. The molecule has 1 amide bonds. The molecule has 1 fully saturated rings. The number of halogens is 1. The molecule has 1 saturated carbocycles. The van der Waals surface area contributed by atoms with Gasteiger partial charge in [-0.1, -0.05) is 12.8 Å². The Morgan fingerprint density at radius 1 is 1.41 bits per heavy atom. The number of hydrogen-bond acceptors (Lipinski definition) is 4. The summed E-state index contributed by atoms with van der Waals surface area (Å²) in [6, 6.07) is -0.285. The van der Waals surface area contributed by atoms with Crippen LogP contribution in [0.25, 0.3) is 0 Å². The summed E-state index contributed by atoms with van der Waals surface area (Å²) < 4.78 is 30.8. The fourth-order valence-corrected chi connectivity index (χ4v) is 3.44. The van der Waals surface area contributed by atoms with Crippen molar-refractivity contribution in [2.75, 3.05) is 14.2 Å². The van der Waals surface area contributed by atoms with Crippen molar-refractivity contribution in [3.63, 3.8) is 0 Å². The number of amides is 1. The van der Waals surface area contributed by atoms with Gasteiger partial charge in [-0.05, 0) is 12.8 Å². The highest BCUT2D eigenvalue weighted by atomic mass is 35.5. The molecule has 0 radical (unpaired) electrons. The lowest BCUT2D eigenvalue weighted by Gasteiger charge is -2.33. The van der Waals surface area contributed by atoms with Gasteiger partial charge in [0.1, 0.15) is 0 Å². The van der Waals surface area contributed by atoms with E-state index in [1.165, 1.54) is 7.05 Å². The number of nitrogens with one attached hydrogen (secondary N) is 1. The van der Waals surface area contributed by atoms with Crippen molar-refractivity contribution in [1.82, 2.24) is 9.03 Å². The lowest BCUT2D eigenvalue weighted by Crippen LogP contribution is -2.50. The van der Waals surface area contributed by atoms with Gasteiger partial charge in [-0.15, -0.1) is 11.6 Å². The number of nitrogens with zero attached hydrogens (tertiary/aromatic N) is 1. The van der Waals surface area contributed by atoms with Crippen LogP contribution in [0.1, 0.15) is 25.7 Å². The van der Waals surface area contributed by atoms with Crippen molar-refractivity contribution >= 4 is 27.9 Å². The molecule has 1 aliphatic carbocycles. The summed E-state index contributed by atoms with van der Waals surface area (Å²) in [4.78, 5) is 10.9. The number of methoxy groups -OCH3 is 1. The average molecular weight is 285 g/mol. The third-order valence-corrected chi connectivity index (χ3v) is 4.85. The van der Waals surface area contributed by atoms with Crippen molar-refractivity contribution in [1.29, 1.82) is 0 Å². The topological polar surface area (TPSA) is 75.7 Å². The molecule has 2 atom stereocenters. The molecule has 2 unspecified atom stereocenters. The Morgan fingerprint density at radius 2 is 2.00 bits per heavy atom. The number of rotatable bonds is 3. The maximum atomic E-state index is 11.8. The van der Waals surface area contributed by atoms with Crippen LogP contribution in [0.3, 0.4) is 0 Å². The largest absolute Gasteiger partial charge is 0.452 e. The second-order valence-electron chi connectivity index (χ2n) is 3.98. The van der Waals surface area contributed by atoms with E-state index in [4.69, 9.17) is 11.6 Å². The molecule has 6 nitrogen and oxygen atoms in total. The minimum absolute atomic E-state index is 0.219. The van der Waals surface area contributed by atoms with Gasteiger partial charge in [0.2, 0.25) is 0 Å². The molecule has 1 aliphatic rings. The number of hydrogen-bond donors (Lipinski definition) is 1. The Balaban J connectivity index is 2.73. The Kier molecular flexibility index (Phi) is 5.03. The van der Waals surface area contributed by atoms with Gasteiger partial charge in [0.05, 0.1) is 12.5 Å². The summed E-state index contributed by atoms with van der Waals surface area (Å²) in [6.45, 7) is 0. The molecule has 0 aliphatic heterocycles. The third kappa shape index (κ3) is 3.72. The molecule has 0 heterocycles. The van der Waals surface area contributed by atoms with Crippen LogP contribution in [-0.2, 0) is 14.9 Å². The summed E-state index contributed by atoms with van der Waals surface area (Å²) >= 11 is 6.10. The molecular formula is C9H17ClN2O4S. The Hall–Kier alpha value is -0.530. The van der Waals surface area contributed by atoms with E-state index < -0.39 is 16.3 Å². The minimum Gasteiger partial charge on any atom is -0.452 e. The van der Waals surface area contributed by atoms with Crippen LogP contribution in [0.15, 0.2) is 0 Å². The predicted molar refractivity (Wildman–Crippen MR) is 64.1 cm³/mol. The molecule has 100 valence electrons. The van der Waals surface area contributed by atoms with E-state index >= 15 is 0 Å². The van der Waals surface area contributed by atoms with E-state index in [0.29, 0.717) is 6.42 Å². The molecule has 1 N–H and O–H groups in total. The number of carbonyl (C=O) groups is 1. The number of alkyl halides is 1. The van der Waals surface area contributed by atoms with Crippen LogP contribution in [0.2, 0.25) is 0 Å². The molecule has 0 bridgehead atoms. The van der Waals surface area contributed by atoms with Gasteiger partial charge in [0.25, 0.3) is 0 Å². The first-order valence-electron chi connectivity index (χ1n) is 5.36. The minimum atomic E-state index is -3.88. The summed E-state index contributed by atoms with van der Waals surface area (Å²) in [5, 5.41) is -0.219. The lowest BCUT2D eigenvalue weighted by molar-refractivity contribution is 0.176. The highest BCUT2D eigenvalue weighted by Gasteiger charge is 2.34. The Labute approximate surface area is 106 Å². The lowest BCUT2D eigenvalue weighted by atomic mass is 9.95. The second-order valence-corrected chi connectivity index (χ2v) is 6.27. The van der Waals surface area contributed by atoms with Crippen molar-refractivity contribution in [2.45, 2.75) is 37.1 Å². The zero-order valence-electron chi connectivity index (χ0n) is 9.85. The van der Waals surface area contributed by atoms with Gasteiger partial charge < -0.3 is 4.74 Å². The van der Waals surface area contributed by atoms with Gasteiger partial charge in [-0.3, -0.25) is 0 Å². The van der Waals surface area contributed by atoms with E-state index in [-0.39, 0.29) is 11.4 Å². The highest BCUT2D eigenvalue weighted by Crippen LogP contribution is 2.27. The Morgan fingerprint density at radius 3 is 2.53 bits per heavy atom. The SMILES string of the molecule is COC(=O)NS(=O)(=O)N(C)C1CCCCC1Cl. The van der Waals surface area contributed by atoms with Gasteiger partial charge in [-0.25, -0.2) is 9.52 Å². The first-order chi connectivity index (χ1) is 7.88. The summed E-state index contributed by atoms with van der Waals surface area (Å²) in [7, 11) is -1.36. The van der Waals surface area contributed by atoms with Crippen molar-refractivity contribution < 1.29 is 17.9 Å². The summed E-state index contributed by atoms with van der Waals surface area (Å²) in [5.41, 5.74) is 0. The highest BCUT2D eigenvalue weighted by molar-refractivity contribution is 7.87. The van der Waals surface area contributed by atoms with Crippen LogP contribution < -0.4 is 4.72 Å². The van der Waals surface area contributed by atoms with Crippen LogP contribution in [0.4, 0.5) is 4.79 Å².